The number of oxazole rings is 1. The lowest BCUT2D eigenvalue weighted by molar-refractivity contribution is 0.174. The number of nitrogens with one attached hydrogen (secondary N) is 2. The van der Waals surface area contributed by atoms with Gasteiger partial charge in [-0.2, -0.15) is 0 Å². The van der Waals surface area contributed by atoms with Gasteiger partial charge in [-0.25, -0.2) is 13.4 Å². The Bertz CT molecular complexity index is 1450. The summed E-state index contributed by atoms with van der Waals surface area (Å²) < 4.78 is 34.2. The van der Waals surface area contributed by atoms with Crippen molar-refractivity contribution < 1.29 is 17.9 Å². The number of hydrogen-bond acceptors (Lipinski definition) is 7. The minimum Gasteiger partial charge on any atom is -0.444 e. The Morgan fingerprint density at radius 2 is 1.76 bits per heavy atom. The zero-order valence-electron chi connectivity index (χ0n) is 22.5. The van der Waals surface area contributed by atoms with Crippen molar-refractivity contribution in [3.63, 3.8) is 0 Å². The summed E-state index contributed by atoms with van der Waals surface area (Å²) in [6, 6.07) is 17.5. The van der Waals surface area contributed by atoms with Crippen LogP contribution in [-0.4, -0.2) is 36.6 Å². The summed E-state index contributed by atoms with van der Waals surface area (Å²) in [6.07, 6.45) is 12.5. The largest absolute Gasteiger partial charge is 0.444 e. The van der Waals surface area contributed by atoms with Gasteiger partial charge in [0.1, 0.15) is 6.26 Å². The van der Waals surface area contributed by atoms with E-state index >= 15 is 0 Å². The number of aromatic nitrogens is 2. The van der Waals surface area contributed by atoms with Crippen molar-refractivity contribution in [2.75, 3.05) is 17.8 Å². The number of rotatable bonds is 13. The fraction of sp³-hybridized carbons (Fsp3) is 0.375. The van der Waals surface area contributed by atoms with Crippen LogP contribution in [0.5, 0.6) is 0 Å². The van der Waals surface area contributed by atoms with Gasteiger partial charge in [0, 0.05) is 35.8 Å². The number of benzene rings is 2. The van der Waals surface area contributed by atoms with Crippen LogP contribution in [0.3, 0.4) is 0 Å². The number of hydrogen-bond donors (Lipinski definition) is 3. The number of aliphatic hydroxyl groups excluding tert-OH is 1. The second-order valence-electron chi connectivity index (χ2n) is 10.4. The predicted octanol–water partition coefficient (Wildman–Crippen LogP) is 6.16. The van der Waals surface area contributed by atoms with Gasteiger partial charge in [0.05, 0.1) is 16.7 Å². The van der Waals surface area contributed by atoms with Crippen LogP contribution < -0.4 is 10.0 Å². The first-order valence-electron chi connectivity index (χ1n) is 13.9. The maximum Gasteiger partial charge on any atom is 0.261 e. The molecule has 218 valence electrons. The van der Waals surface area contributed by atoms with Crippen LogP contribution in [0.4, 0.5) is 5.69 Å². The van der Waals surface area contributed by atoms with Crippen LogP contribution in [0.15, 0.2) is 88.6 Å². The number of aliphatic hydroxyl groups is 1. The van der Waals surface area contributed by atoms with Crippen LogP contribution in [-0.2, 0) is 22.9 Å². The van der Waals surface area contributed by atoms with E-state index in [-0.39, 0.29) is 12.3 Å². The smallest absolute Gasteiger partial charge is 0.261 e. The van der Waals surface area contributed by atoms with E-state index in [1.54, 1.807) is 61.1 Å². The van der Waals surface area contributed by atoms with Crippen molar-refractivity contribution in [3.05, 3.63) is 96.1 Å². The molecule has 0 saturated heterocycles. The van der Waals surface area contributed by atoms with E-state index in [0.29, 0.717) is 24.7 Å². The molecule has 1 fully saturated rings. The van der Waals surface area contributed by atoms with Crippen LogP contribution >= 0.6 is 0 Å². The van der Waals surface area contributed by atoms with Crippen LogP contribution in [0, 0.1) is 5.92 Å². The Labute approximate surface area is 243 Å². The molecular weight excluding hydrogens is 536 g/mol. The second-order valence-corrected chi connectivity index (χ2v) is 12.1. The van der Waals surface area contributed by atoms with Crippen molar-refractivity contribution in [3.8, 4) is 11.5 Å². The number of sulfonamides is 1. The monoisotopic (exact) mass is 576 g/mol. The van der Waals surface area contributed by atoms with Gasteiger partial charge in [0.2, 0.25) is 5.89 Å². The van der Waals surface area contributed by atoms with Gasteiger partial charge < -0.3 is 14.8 Å². The normalized spacial score (nSPS) is 14.5. The maximum atomic E-state index is 13.0. The lowest BCUT2D eigenvalue weighted by Crippen LogP contribution is -2.23. The second kappa shape index (κ2) is 14.4. The molecule has 41 heavy (non-hydrogen) atoms. The predicted molar refractivity (Wildman–Crippen MR) is 162 cm³/mol. The highest BCUT2D eigenvalue weighted by molar-refractivity contribution is 7.92. The molecule has 4 aromatic rings. The van der Waals surface area contributed by atoms with Crippen molar-refractivity contribution in [1.29, 1.82) is 0 Å². The van der Waals surface area contributed by atoms with Gasteiger partial charge >= 0.3 is 0 Å². The Morgan fingerprint density at radius 1 is 1.00 bits per heavy atom. The highest BCUT2D eigenvalue weighted by Gasteiger charge is 2.17. The zero-order valence-corrected chi connectivity index (χ0v) is 23.3. The van der Waals surface area contributed by atoms with Crippen LogP contribution in [0.25, 0.3) is 11.5 Å². The van der Waals surface area contributed by atoms with E-state index in [0.717, 1.165) is 47.6 Å². The Hall–Kier alpha value is -3.53. The fourth-order valence-electron chi connectivity index (χ4n) is 5.10. The average molecular weight is 577 g/mol. The maximum absolute atomic E-state index is 13.0. The third kappa shape index (κ3) is 8.48. The molecule has 1 aliphatic rings. The van der Waals surface area contributed by atoms with Gasteiger partial charge in [0.25, 0.3) is 10.0 Å². The van der Waals surface area contributed by atoms with Crippen molar-refractivity contribution >= 4 is 15.7 Å². The molecular formula is C32H40N4O4S. The third-order valence-electron chi connectivity index (χ3n) is 7.45. The molecule has 5 rings (SSSR count). The molecule has 1 saturated carbocycles. The summed E-state index contributed by atoms with van der Waals surface area (Å²) in [5, 5.41) is 13.4. The molecule has 0 aliphatic heterocycles. The van der Waals surface area contributed by atoms with Crippen molar-refractivity contribution in [2.24, 2.45) is 5.92 Å². The molecule has 0 radical (unpaired) electrons. The minimum atomic E-state index is -3.74. The first-order valence-corrected chi connectivity index (χ1v) is 15.4. The highest BCUT2D eigenvalue weighted by atomic mass is 32.2. The summed E-state index contributed by atoms with van der Waals surface area (Å²) in [5.41, 5.74) is 4.02. The number of aryl methyl sites for hydroxylation is 1. The van der Waals surface area contributed by atoms with E-state index in [1.807, 2.05) is 18.2 Å². The zero-order chi connectivity index (χ0) is 27.8. The fourth-order valence-corrected chi connectivity index (χ4v) is 6.16. The van der Waals surface area contributed by atoms with Crippen molar-refractivity contribution in [1.82, 2.24) is 15.3 Å². The van der Waals surface area contributed by atoms with E-state index < -0.39 is 16.1 Å². The Kier molecular flexibility index (Phi) is 10.7. The van der Waals surface area contributed by atoms with Gasteiger partial charge in [-0.05, 0) is 79.8 Å². The number of pyridine rings is 1. The van der Waals surface area contributed by atoms with Crippen LogP contribution in [0.1, 0.15) is 62.5 Å². The molecule has 2 aromatic carbocycles. The van der Waals surface area contributed by atoms with Gasteiger partial charge in [-0.15, -0.1) is 0 Å². The van der Waals surface area contributed by atoms with E-state index in [1.165, 1.54) is 25.7 Å². The molecule has 2 heterocycles. The van der Waals surface area contributed by atoms with Crippen molar-refractivity contribution in [2.45, 2.75) is 63.4 Å². The molecule has 1 atom stereocenters. The number of nitrogens with zero attached hydrogens (tertiary/aromatic N) is 2. The van der Waals surface area contributed by atoms with E-state index in [9.17, 15) is 13.5 Å². The SMILES string of the molecule is C.O=S(=O)(Nc1ccc(CCNC[C@H](O)c2cccnc2)cc1)c1ccc(-c2nc(CCC3CCCC3)co2)cc1. The molecule has 1 aliphatic carbocycles. The summed E-state index contributed by atoms with van der Waals surface area (Å²) in [4.78, 5) is 8.80. The standard InChI is InChI=1S/C31H36N4O4S.CH4/c36-30(26-6-3-18-32-20-26)21-33-19-17-24-7-12-27(13-8-24)35-40(37,38)29-15-10-25(11-16-29)31-34-28(22-39-31)14-9-23-4-1-2-5-23;/h3,6-8,10-13,15-16,18,20,22-23,30,33,35-36H,1-2,4-5,9,14,17,19,21H2;1H4/t30-;/m0./s1. The lowest BCUT2D eigenvalue weighted by Gasteiger charge is -2.12. The topological polar surface area (TPSA) is 117 Å². The molecule has 3 N–H and O–H groups in total. The quantitative estimate of drug-likeness (QED) is 0.163. The molecule has 0 spiro atoms. The molecule has 2 aromatic heterocycles. The first-order chi connectivity index (χ1) is 19.5. The van der Waals surface area contributed by atoms with E-state index in [4.69, 9.17) is 4.42 Å². The molecule has 0 bridgehead atoms. The number of anilines is 1. The molecule has 0 unspecified atom stereocenters. The summed E-state index contributed by atoms with van der Waals surface area (Å²) in [7, 11) is -3.74. The highest BCUT2D eigenvalue weighted by Crippen LogP contribution is 2.29. The van der Waals surface area contributed by atoms with Gasteiger partial charge in [-0.1, -0.05) is 51.3 Å². The summed E-state index contributed by atoms with van der Waals surface area (Å²) in [5.74, 6) is 1.31. The lowest BCUT2D eigenvalue weighted by atomic mass is 10.0. The van der Waals surface area contributed by atoms with Gasteiger partial charge in [0.15, 0.2) is 0 Å². The van der Waals surface area contributed by atoms with E-state index in [2.05, 4.69) is 20.0 Å². The first kappa shape index (κ1) is 30.4. The van der Waals surface area contributed by atoms with Gasteiger partial charge in [-0.3, -0.25) is 9.71 Å². The summed E-state index contributed by atoms with van der Waals surface area (Å²) in [6.45, 7) is 1.11. The minimum absolute atomic E-state index is 0. The summed E-state index contributed by atoms with van der Waals surface area (Å²) >= 11 is 0. The Balaban J connectivity index is 0.00000387. The molecule has 9 heteroatoms. The average Bonchev–Trinajstić information content (AvgIpc) is 3.68. The van der Waals surface area contributed by atoms with Crippen LogP contribution in [0.2, 0.25) is 0 Å². The molecule has 0 amide bonds. The molecule has 8 nitrogen and oxygen atoms in total. The third-order valence-corrected chi connectivity index (χ3v) is 8.85. The Morgan fingerprint density at radius 3 is 2.46 bits per heavy atom.